The van der Waals surface area contributed by atoms with Gasteiger partial charge in [0.25, 0.3) is 5.91 Å². The van der Waals surface area contributed by atoms with E-state index in [1.165, 1.54) is 6.20 Å². The number of nitrogens with zero attached hydrogens (tertiary/aromatic N) is 3. The highest BCUT2D eigenvalue weighted by Crippen LogP contribution is 2.20. The fourth-order valence-electron chi connectivity index (χ4n) is 2.89. The molecule has 2 aliphatic rings. The molecule has 6 nitrogen and oxygen atoms in total. The first kappa shape index (κ1) is 15.5. The smallest absolute Gasteiger partial charge is 0.271 e. The molecule has 0 unspecified atom stereocenters. The predicted octanol–water partition coefficient (Wildman–Crippen LogP) is 2.03. The maximum absolute atomic E-state index is 12.3. The molecule has 1 amide bonds. The van der Waals surface area contributed by atoms with Gasteiger partial charge in [0.1, 0.15) is 0 Å². The van der Waals surface area contributed by atoms with Gasteiger partial charge >= 0.3 is 0 Å². The molecule has 1 aromatic rings. The summed E-state index contributed by atoms with van der Waals surface area (Å²) in [4.78, 5) is 22.9. The van der Waals surface area contributed by atoms with Crippen LogP contribution in [0.25, 0.3) is 0 Å². The van der Waals surface area contributed by atoms with Crippen molar-refractivity contribution in [1.82, 2.24) is 15.3 Å². The summed E-state index contributed by atoms with van der Waals surface area (Å²) in [5.41, 5.74) is 0.255. The summed E-state index contributed by atoms with van der Waals surface area (Å²) in [5.74, 6) is 0.344. The first-order valence-corrected chi connectivity index (χ1v) is 8.29. The number of hydrogen-bond donors (Lipinski definition) is 1. The fraction of sp³-hybridized carbons (Fsp3) is 0.667. The molecular weight excluding hydrogens is 304 g/mol. The zero-order valence-electron chi connectivity index (χ0n) is 12.6. The minimum Gasteiger partial charge on any atom is -0.378 e. The number of anilines is 1. The Morgan fingerprint density at radius 1 is 1.41 bits per heavy atom. The monoisotopic (exact) mass is 324 g/mol. The van der Waals surface area contributed by atoms with E-state index >= 15 is 0 Å². The van der Waals surface area contributed by atoms with Gasteiger partial charge in [0, 0.05) is 26.2 Å². The SMILES string of the molecule is O=C(NCC[C@@H]1CCCO1)c1nc(N2CCCC2)ncc1Cl. The highest BCUT2D eigenvalue weighted by atomic mass is 35.5. The lowest BCUT2D eigenvalue weighted by Crippen LogP contribution is -2.29. The standard InChI is InChI=1S/C15H21ClN4O2/c16-12-10-18-15(20-7-1-2-8-20)19-13(12)14(21)17-6-5-11-4-3-9-22-11/h10-11H,1-9H2,(H,17,21)/t11-/m0/s1. The predicted molar refractivity (Wildman–Crippen MR) is 84.4 cm³/mol. The Balaban J connectivity index is 1.59. The van der Waals surface area contributed by atoms with E-state index in [-0.39, 0.29) is 22.7 Å². The van der Waals surface area contributed by atoms with Crippen LogP contribution in [0.1, 0.15) is 42.6 Å². The van der Waals surface area contributed by atoms with Gasteiger partial charge in [-0.1, -0.05) is 11.6 Å². The third-order valence-corrected chi connectivity index (χ3v) is 4.39. The Bertz CT molecular complexity index is 528. The maximum atomic E-state index is 12.3. The van der Waals surface area contributed by atoms with Crippen LogP contribution in [0.2, 0.25) is 5.02 Å². The van der Waals surface area contributed by atoms with Crippen LogP contribution in [0.15, 0.2) is 6.20 Å². The highest BCUT2D eigenvalue weighted by Gasteiger charge is 2.20. The normalized spacial score (nSPS) is 21.3. The van der Waals surface area contributed by atoms with Gasteiger partial charge in [0.05, 0.1) is 17.3 Å². The average molecular weight is 325 g/mol. The number of aromatic nitrogens is 2. The summed E-state index contributed by atoms with van der Waals surface area (Å²) in [6.07, 6.45) is 7.05. The number of amides is 1. The molecule has 2 fully saturated rings. The van der Waals surface area contributed by atoms with Gasteiger partial charge in [-0.15, -0.1) is 0 Å². The number of carbonyl (C=O) groups is 1. The van der Waals surface area contributed by atoms with Crippen LogP contribution in [-0.2, 0) is 4.74 Å². The van der Waals surface area contributed by atoms with Crippen LogP contribution < -0.4 is 10.2 Å². The molecular formula is C15H21ClN4O2. The van der Waals surface area contributed by atoms with E-state index in [2.05, 4.69) is 20.2 Å². The van der Waals surface area contributed by atoms with Gasteiger partial charge in [0.2, 0.25) is 5.95 Å². The molecule has 1 aromatic heterocycles. The number of rotatable bonds is 5. The molecule has 7 heteroatoms. The lowest BCUT2D eigenvalue weighted by molar-refractivity contribution is 0.0903. The fourth-order valence-corrected chi connectivity index (χ4v) is 3.07. The van der Waals surface area contributed by atoms with E-state index in [0.29, 0.717) is 12.5 Å². The third kappa shape index (κ3) is 3.67. The second-order valence-corrected chi connectivity index (χ2v) is 6.15. The Morgan fingerprint density at radius 3 is 2.95 bits per heavy atom. The topological polar surface area (TPSA) is 67.3 Å². The van der Waals surface area contributed by atoms with Gasteiger partial charge in [-0.25, -0.2) is 9.97 Å². The second-order valence-electron chi connectivity index (χ2n) is 5.74. The van der Waals surface area contributed by atoms with Crippen LogP contribution in [0.5, 0.6) is 0 Å². The summed E-state index contributed by atoms with van der Waals surface area (Å²) in [6, 6.07) is 0. The molecule has 0 bridgehead atoms. The second kappa shape index (κ2) is 7.24. The molecule has 2 aliphatic heterocycles. The molecule has 3 heterocycles. The van der Waals surface area contributed by atoms with E-state index in [1.807, 2.05) is 0 Å². The quantitative estimate of drug-likeness (QED) is 0.897. The van der Waals surface area contributed by atoms with Crippen molar-refractivity contribution >= 4 is 23.5 Å². The van der Waals surface area contributed by atoms with Crippen molar-refractivity contribution in [3.63, 3.8) is 0 Å². The van der Waals surface area contributed by atoms with E-state index in [0.717, 1.165) is 51.8 Å². The molecule has 0 aromatic carbocycles. The molecule has 1 atom stereocenters. The van der Waals surface area contributed by atoms with Crippen molar-refractivity contribution in [2.75, 3.05) is 31.1 Å². The number of halogens is 1. The molecule has 3 rings (SSSR count). The van der Waals surface area contributed by atoms with Gasteiger partial charge in [-0.05, 0) is 32.1 Å². The van der Waals surface area contributed by atoms with Gasteiger partial charge in [-0.3, -0.25) is 4.79 Å². The zero-order valence-corrected chi connectivity index (χ0v) is 13.3. The van der Waals surface area contributed by atoms with Gasteiger partial charge in [-0.2, -0.15) is 0 Å². The van der Waals surface area contributed by atoms with Crippen LogP contribution in [-0.4, -0.2) is 48.2 Å². The van der Waals surface area contributed by atoms with Crippen LogP contribution in [0.3, 0.4) is 0 Å². The van der Waals surface area contributed by atoms with Crippen molar-refractivity contribution in [1.29, 1.82) is 0 Å². The Hall–Kier alpha value is -1.40. The van der Waals surface area contributed by atoms with Crippen molar-refractivity contribution in [2.45, 2.75) is 38.2 Å². The average Bonchev–Trinajstić information content (AvgIpc) is 3.21. The summed E-state index contributed by atoms with van der Waals surface area (Å²) in [7, 11) is 0. The summed E-state index contributed by atoms with van der Waals surface area (Å²) >= 11 is 6.07. The van der Waals surface area contributed by atoms with Crippen molar-refractivity contribution < 1.29 is 9.53 Å². The Kier molecular flexibility index (Phi) is 5.10. The Labute approximate surface area is 135 Å². The highest BCUT2D eigenvalue weighted by molar-refractivity contribution is 6.33. The minimum absolute atomic E-state index is 0.245. The number of hydrogen-bond acceptors (Lipinski definition) is 5. The van der Waals surface area contributed by atoms with E-state index in [9.17, 15) is 4.79 Å². The number of carbonyl (C=O) groups excluding carboxylic acids is 1. The molecule has 1 N–H and O–H groups in total. The summed E-state index contributed by atoms with van der Waals surface area (Å²) in [6.45, 7) is 3.27. The van der Waals surface area contributed by atoms with E-state index < -0.39 is 0 Å². The van der Waals surface area contributed by atoms with Crippen molar-refractivity contribution in [2.24, 2.45) is 0 Å². The van der Waals surface area contributed by atoms with Crippen LogP contribution in [0.4, 0.5) is 5.95 Å². The zero-order chi connectivity index (χ0) is 15.4. The van der Waals surface area contributed by atoms with E-state index in [4.69, 9.17) is 16.3 Å². The molecule has 0 aliphatic carbocycles. The third-order valence-electron chi connectivity index (χ3n) is 4.11. The van der Waals surface area contributed by atoms with Crippen LogP contribution >= 0.6 is 11.6 Å². The van der Waals surface area contributed by atoms with Crippen molar-refractivity contribution in [3.8, 4) is 0 Å². The van der Waals surface area contributed by atoms with Gasteiger partial charge in [0.15, 0.2) is 5.69 Å². The Morgan fingerprint density at radius 2 is 2.23 bits per heavy atom. The van der Waals surface area contributed by atoms with Crippen molar-refractivity contribution in [3.05, 3.63) is 16.9 Å². The first-order valence-electron chi connectivity index (χ1n) is 7.91. The van der Waals surface area contributed by atoms with E-state index in [1.54, 1.807) is 0 Å². The summed E-state index contributed by atoms with van der Waals surface area (Å²) in [5, 5.41) is 3.16. The summed E-state index contributed by atoms with van der Waals surface area (Å²) < 4.78 is 5.54. The number of nitrogens with one attached hydrogen (secondary N) is 1. The molecule has 22 heavy (non-hydrogen) atoms. The molecule has 0 radical (unpaired) electrons. The molecule has 2 saturated heterocycles. The minimum atomic E-state index is -0.245. The molecule has 0 spiro atoms. The van der Waals surface area contributed by atoms with Crippen LogP contribution in [0, 0.1) is 0 Å². The number of ether oxygens (including phenoxy) is 1. The lowest BCUT2D eigenvalue weighted by Gasteiger charge is -2.16. The largest absolute Gasteiger partial charge is 0.378 e. The molecule has 0 saturated carbocycles. The van der Waals surface area contributed by atoms with Gasteiger partial charge < -0.3 is 15.0 Å². The first-order chi connectivity index (χ1) is 10.7. The lowest BCUT2D eigenvalue weighted by atomic mass is 10.2. The molecule has 120 valence electrons. The maximum Gasteiger partial charge on any atom is 0.271 e.